The van der Waals surface area contributed by atoms with Gasteiger partial charge >= 0.3 is 0 Å². The summed E-state index contributed by atoms with van der Waals surface area (Å²) >= 11 is 1.92. The average Bonchev–Trinajstić information content (AvgIpc) is 2.67. The van der Waals surface area contributed by atoms with Gasteiger partial charge in [0.15, 0.2) is 0 Å². The lowest BCUT2D eigenvalue weighted by atomic mass is 10.3. The summed E-state index contributed by atoms with van der Waals surface area (Å²) in [6.45, 7) is 6.32. The summed E-state index contributed by atoms with van der Waals surface area (Å²) in [6.07, 6.45) is 4.32. The van der Waals surface area contributed by atoms with Crippen LogP contribution in [0.4, 0.5) is 0 Å². The van der Waals surface area contributed by atoms with E-state index in [1.54, 1.807) is 0 Å². The van der Waals surface area contributed by atoms with Crippen LogP contribution in [0, 0.1) is 0 Å². The van der Waals surface area contributed by atoms with Crippen LogP contribution in [0.3, 0.4) is 0 Å². The van der Waals surface area contributed by atoms with Gasteiger partial charge in [0.05, 0.1) is 0 Å². The van der Waals surface area contributed by atoms with Gasteiger partial charge in [0.25, 0.3) is 0 Å². The Morgan fingerprint density at radius 2 is 2.07 bits per heavy atom. The van der Waals surface area contributed by atoms with Crippen LogP contribution >= 0.6 is 11.8 Å². The molecule has 1 aliphatic heterocycles. The van der Waals surface area contributed by atoms with Gasteiger partial charge in [-0.05, 0) is 25.0 Å². The lowest BCUT2D eigenvalue weighted by Crippen LogP contribution is -2.29. The maximum Gasteiger partial charge on any atom is 0.223 e. The van der Waals surface area contributed by atoms with E-state index in [4.69, 9.17) is 0 Å². The monoisotopic (exact) mass is 215 g/mol. The lowest BCUT2D eigenvalue weighted by Gasteiger charge is -2.17. The third kappa shape index (κ3) is 3.91. The molecule has 1 heterocycles. The molecule has 14 heavy (non-hydrogen) atoms. The van der Waals surface area contributed by atoms with Crippen molar-refractivity contribution >= 4 is 17.7 Å². The fraction of sp³-hybridized carbons (Fsp3) is 0.909. The molecule has 0 aromatic rings. The number of hydrogen-bond donors (Lipinski definition) is 0. The number of amides is 1. The van der Waals surface area contributed by atoms with Gasteiger partial charge in [-0.25, -0.2) is 0 Å². The van der Waals surface area contributed by atoms with Crippen molar-refractivity contribution in [1.82, 2.24) is 4.90 Å². The van der Waals surface area contributed by atoms with Crippen molar-refractivity contribution in [3.63, 3.8) is 0 Å². The summed E-state index contributed by atoms with van der Waals surface area (Å²) in [7, 11) is 0. The first-order valence-corrected chi connectivity index (χ1v) is 6.68. The molecule has 0 aliphatic carbocycles. The van der Waals surface area contributed by atoms with Crippen molar-refractivity contribution in [2.75, 3.05) is 18.8 Å². The van der Waals surface area contributed by atoms with E-state index >= 15 is 0 Å². The number of carbonyl (C=O) groups excluding carboxylic acids is 1. The Kier molecular flexibility index (Phi) is 5.38. The molecule has 0 N–H and O–H groups in total. The SMILES string of the molecule is CCCS[C@@H](C)CC(=O)N1CCCC1. The van der Waals surface area contributed by atoms with Crippen LogP contribution in [-0.2, 0) is 4.79 Å². The Bertz CT molecular complexity index is 178. The Balaban J connectivity index is 2.18. The van der Waals surface area contributed by atoms with Crippen molar-refractivity contribution in [3.8, 4) is 0 Å². The molecule has 1 fully saturated rings. The van der Waals surface area contributed by atoms with Crippen LogP contribution in [0.15, 0.2) is 0 Å². The molecule has 2 nitrogen and oxygen atoms in total. The summed E-state index contributed by atoms with van der Waals surface area (Å²) in [5.41, 5.74) is 0. The van der Waals surface area contributed by atoms with Gasteiger partial charge in [-0.2, -0.15) is 11.8 Å². The lowest BCUT2D eigenvalue weighted by molar-refractivity contribution is -0.130. The first-order chi connectivity index (χ1) is 6.74. The largest absolute Gasteiger partial charge is 0.343 e. The number of nitrogens with zero attached hydrogens (tertiary/aromatic N) is 1. The second-order valence-electron chi connectivity index (χ2n) is 3.97. The van der Waals surface area contributed by atoms with Gasteiger partial charge in [0.1, 0.15) is 0 Å². The number of likely N-dealkylation sites (tertiary alicyclic amines) is 1. The highest BCUT2D eigenvalue weighted by Gasteiger charge is 2.19. The summed E-state index contributed by atoms with van der Waals surface area (Å²) in [4.78, 5) is 13.7. The van der Waals surface area contributed by atoms with Gasteiger partial charge in [-0.3, -0.25) is 4.79 Å². The first kappa shape index (κ1) is 11.9. The van der Waals surface area contributed by atoms with Crippen molar-refractivity contribution in [3.05, 3.63) is 0 Å². The van der Waals surface area contributed by atoms with Gasteiger partial charge in [0, 0.05) is 24.8 Å². The van der Waals surface area contributed by atoms with Gasteiger partial charge in [0.2, 0.25) is 5.91 Å². The van der Waals surface area contributed by atoms with Crippen LogP contribution in [-0.4, -0.2) is 34.9 Å². The standard InChI is InChI=1S/C11H21NOS/c1-3-8-14-10(2)9-11(13)12-6-4-5-7-12/h10H,3-9H2,1-2H3/t10-/m0/s1. The minimum atomic E-state index is 0.360. The molecule has 0 unspecified atom stereocenters. The minimum absolute atomic E-state index is 0.360. The highest BCUT2D eigenvalue weighted by atomic mass is 32.2. The van der Waals surface area contributed by atoms with Crippen LogP contribution < -0.4 is 0 Å². The summed E-state index contributed by atoms with van der Waals surface area (Å²) in [5.74, 6) is 1.53. The molecule has 0 bridgehead atoms. The summed E-state index contributed by atoms with van der Waals surface area (Å²) < 4.78 is 0. The molecule has 0 aromatic carbocycles. The number of hydrogen-bond acceptors (Lipinski definition) is 2. The van der Waals surface area contributed by atoms with E-state index in [-0.39, 0.29) is 0 Å². The van der Waals surface area contributed by atoms with Crippen molar-refractivity contribution in [2.24, 2.45) is 0 Å². The van der Waals surface area contributed by atoms with Crippen LogP contribution in [0.2, 0.25) is 0 Å². The second kappa shape index (κ2) is 6.33. The predicted molar refractivity (Wildman–Crippen MR) is 62.6 cm³/mol. The molecule has 1 atom stereocenters. The maximum atomic E-state index is 11.7. The molecule has 0 aromatic heterocycles. The predicted octanol–water partition coefficient (Wildman–Crippen LogP) is 2.53. The van der Waals surface area contributed by atoms with E-state index in [0.717, 1.165) is 19.5 Å². The zero-order valence-corrected chi connectivity index (χ0v) is 10.1. The molecule has 1 saturated heterocycles. The molecule has 1 amide bonds. The van der Waals surface area contributed by atoms with E-state index in [1.807, 2.05) is 16.7 Å². The van der Waals surface area contributed by atoms with Crippen LogP contribution in [0.1, 0.15) is 39.5 Å². The Hall–Kier alpha value is -0.180. The highest BCUT2D eigenvalue weighted by Crippen LogP contribution is 2.17. The van der Waals surface area contributed by atoms with E-state index in [0.29, 0.717) is 11.2 Å². The van der Waals surface area contributed by atoms with Crippen molar-refractivity contribution in [2.45, 2.75) is 44.8 Å². The summed E-state index contributed by atoms with van der Waals surface area (Å²) in [6, 6.07) is 0. The third-order valence-corrected chi connectivity index (χ3v) is 3.91. The zero-order valence-electron chi connectivity index (χ0n) is 9.29. The number of thioether (sulfide) groups is 1. The smallest absolute Gasteiger partial charge is 0.223 e. The summed E-state index contributed by atoms with van der Waals surface area (Å²) in [5, 5.41) is 0.489. The van der Waals surface area contributed by atoms with E-state index in [9.17, 15) is 4.79 Å². The van der Waals surface area contributed by atoms with Gasteiger partial charge in [-0.1, -0.05) is 13.8 Å². The molecule has 1 aliphatic rings. The minimum Gasteiger partial charge on any atom is -0.343 e. The molecule has 0 saturated carbocycles. The molecule has 0 radical (unpaired) electrons. The second-order valence-corrected chi connectivity index (χ2v) is 5.52. The fourth-order valence-corrected chi connectivity index (χ4v) is 2.62. The van der Waals surface area contributed by atoms with E-state index in [1.165, 1.54) is 25.0 Å². The molecule has 0 spiro atoms. The third-order valence-electron chi connectivity index (χ3n) is 2.53. The number of carbonyl (C=O) groups is 1. The maximum absolute atomic E-state index is 11.7. The molecule has 82 valence electrons. The highest BCUT2D eigenvalue weighted by molar-refractivity contribution is 7.99. The molecule has 3 heteroatoms. The quantitative estimate of drug-likeness (QED) is 0.702. The Morgan fingerprint density at radius 1 is 1.43 bits per heavy atom. The van der Waals surface area contributed by atoms with Crippen LogP contribution in [0.5, 0.6) is 0 Å². The molecular formula is C11H21NOS. The van der Waals surface area contributed by atoms with E-state index < -0.39 is 0 Å². The number of rotatable bonds is 5. The topological polar surface area (TPSA) is 20.3 Å². The fourth-order valence-electron chi connectivity index (χ4n) is 1.72. The van der Waals surface area contributed by atoms with Crippen molar-refractivity contribution < 1.29 is 4.79 Å². The van der Waals surface area contributed by atoms with Gasteiger partial charge < -0.3 is 4.90 Å². The molecular weight excluding hydrogens is 194 g/mol. The first-order valence-electron chi connectivity index (χ1n) is 5.63. The Labute approximate surface area is 91.4 Å². The average molecular weight is 215 g/mol. The Morgan fingerprint density at radius 3 is 2.64 bits per heavy atom. The van der Waals surface area contributed by atoms with E-state index in [2.05, 4.69) is 13.8 Å². The van der Waals surface area contributed by atoms with Crippen molar-refractivity contribution in [1.29, 1.82) is 0 Å². The zero-order chi connectivity index (χ0) is 10.4. The van der Waals surface area contributed by atoms with Gasteiger partial charge in [-0.15, -0.1) is 0 Å². The van der Waals surface area contributed by atoms with Crippen LogP contribution in [0.25, 0.3) is 0 Å². The molecule has 1 rings (SSSR count). The normalized spacial score (nSPS) is 18.6.